The molecule has 2 rings (SSSR count). The number of halogens is 1. The molecule has 1 aromatic rings. The molecule has 1 aliphatic rings. The molecular weight excluding hydrogens is 272 g/mol. The van der Waals surface area contributed by atoms with Gasteiger partial charge in [0.2, 0.25) is 0 Å². The second-order valence-corrected chi connectivity index (χ2v) is 6.12. The van der Waals surface area contributed by atoms with Crippen molar-refractivity contribution in [2.45, 2.75) is 25.3 Å². The lowest BCUT2D eigenvalue weighted by Crippen LogP contribution is -2.45. The third kappa shape index (κ3) is 4.05. The van der Waals surface area contributed by atoms with Gasteiger partial charge < -0.3 is 9.80 Å². The van der Waals surface area contributed by atoms with Crippen LogP contribution in [0.4, 0.5) is 0 Å². The number of likely N-dealkylation sites (tertiary alicyclic amines) is 1. The Kier molecular flexibility index (Phi) is 5.58. The number of carbonyl (C=O) groups excluding carboxylic acids is 1. The molecule has 3 nitrogen and oxygen atoms in total. The minimum absolute atomic E-state index is 0.141. The minimum Gasteiger partial charge on any atom is -0.305 e. The summed E-state index contributed by atoms with van der Waals surface area (Å²) in [4.78, 5) is 16.9. The van der Waals surface area contributed by atoms with Gasteiger partial charge in [-0.1, -0.05) is 23.7 Å². The summed E-state index contributed by atoms with van der Waals surface area (Å²) in [5.41, 5.74) is 0.648. The molecule has 1 heterocycles. The van der Waals surface area contributed by atoms with Gasteiger partial charge in [0.25, 0.3) is 0 Å². The van der Waals surface area contributed by atoms with Crippen molar-refractivity contribution in [3.8, 4) is 0 Å². The van der Waals surface area contributed by atoms with Crippen LogP contribution in [0.15, 0.2) is 24.3 Å². The summed E-state index contributed by atoms with van der Waals surface area (Å²) in [6, 6.07) is 7.91. The zero-order chi connectivity index (χ0) is 14.5. The average Bonchev–Trinajstić information content (AvgIpc) is 2.45. The SMILES string of the molecule is CN(C)C1CCCN(CCC(=O)c2ccccc2Cl)C1. The van der Waals surface area contributed by atoms with Crippen LogP contribution in [-0.4, -0.2) is 55.4 Å². The highest BCUT2D eigenvalue weighted by atomic mass is 35.5. The molecule has 1 atom stereocenters. The summed E-state index contributed by atoms with van der Waals surface area (Å²) < 4.78 is 0. The maximum Gasteiger partial charge on any atom is 0.165 e. The molecule has 1 saturated heterocycles. The van der Waals surface area contributed by atoms with E-state index in [0.29, 0.717) is 23.0 Å². The molecule has 0 spiro atoms. The molecule has 0 amide bonds. The molecule has 0 saturated carbocycles. The van der Waals surface area contributed by atoms with Crippen molar-refractivity contribution in [3.05, 3.63) is 34.9 Å². The Bertz CT molecular complexity index is 462. The Balaban J connectivity index is 1.86. The largest absolute Gasteiger partial charge is 0.305 e. The molecule has 0 radical (unpaired) electrons. The van der Waals surface area contributed by atoms with E-state index in [-0.39, 0.29) is 5.78 Å². The van der Waals surface area contributed by atoms with Gasteiger partial charge in [-0.05, 0) is 45.6 Å². The van der Waals surface area contributed by atoms with E-state index in [9.17, 15) is 4.79 Å². The highest BCUT2D eigenvalue weighted by molar-refractivity contribution is 6.33. The van der Waals surface area contributed by atoms with Gasteiger partial charge in [-0.2, -0.15) is 0 Å². The zero-order valence-corrected chi connectivity index (χ0v) is 13.1. The zero-order valence-electron chi connectivity index (χ0n) is 12.3. The Hall–Kier alpha value is -0.900. The first-order chi connectivity index (χ1) is 9.58. The number of piperidine rings is 1. The molecule has 0 bridgehead atoms. The van der Waals surface area contributed by atoms with Crippen molar-refractivity contribution >= 4 is 17.4 Å². The summed E-state index contributed by atoms with van der Waals surface area (Å²) in [5, 5.41) is 0.558. The predicted octanol–water partition coefficient (Wildman–Crippen LogP) is 2.94. The van der Waals surface area contributed by atoms with Crippen LogP contribution in [0.3, 0.4) is 0 Å². The van der Waals surface area contributed by atoms with E-state index in [1.807, 2.05) is 18.2 Å². The third-order valence-electron chi connectivity index (χ3n) is 4.04. The van der Waals surface area contributed by atoms with Gasteiger partial charge in [0, 0.05) is 31.1 Å². The van der Waals surface area contributed by atoms with Crippen LogP contribution < -0.4 is 0 Å². The van der Waals surface area contributed by atoms with E-state index in [2.05, 4.69) is 23.9 Å². The monoisotopic (exact) mass is 294 g/mol. The number of carbonyl (C=O) groups is 1. The first kappa shape index (κ1) is 15.5. The van der Waals surface area contributed by atoms with E-state index in [1.165, 1.54) is 12.8 Å². The van der Waals surface area contributed by atoms with Gasteiger partial charge in [0.1, 0.15) is 0 Å². The fourth-order valence-electron chi connectivity index (χ4n) is 2.74. The molecule has 110 valence electrons. The molecule has 1 fully saturated rings. The maximum atomic E-state index is 12.2. The fourth-order valence-corrected chi connectivity index (χ4v) is 2.98. The van der Waals surface area contributed by atoms with Crippen LogP contribution in [0, 0.1) is 0 Å². The van der Waals surface area contributed by atoms with Gasteiger partial charge in [-0.3, -0.25) is 4.79 Å². The Morgan fingerprint density at radius 1 is 1.40 bits per heavy atom. The van der Waals surface area contributed by atoms with Gasteiger partial charge in [0.05, 0.1) is 5.02 Å². The van der Waals surface area contributed by atoms with Gasteiger partial charge in [-0.15, -0.1) is 0 Å². The van der Waals surface area contributed by atoms with Crippen LogP contribution >= 0.6 is 11.6 Å². The molecular formula is C16H23ClN2O. The lowest BCUT2D eigenvalue weighted by molar-refractivity contribution is 0.0928. The number of hydrogen-bond donors (Lipinski definition) is 0. The molecule has 1 aromatic carbocycles. The normalized spacial score (nSPS) is 20.3. The Morgan fingerprint density at radius 3 is 2.85 bits per heavy atom. The van der Waals surface area contributed by atoms with Crippen LogP contribution in [-0.2, 0) is 0 Å². The molecule has 1 aliphatic heterocycles. The number of hydrogen-bond acceptors (Lipinski definition) is 3. The van der Waals surface area contributed by atoms with E-state index < -0.39 is 0 Å². The lowest BCUT2D eigenvalue weighted by atomic mass is 10.0. The summed E-state index contributed by atoms with van der Waals surface area (Å²) in [6.07, 6.45) is 3.01. The van der Waals surface area contributed by atoms with E-state index in [1.54, 1.807) is 6.07 Å². The van der Waals surface area contributed by atoms with E-state index in [0.717, 1.165) is 19.6 Å². The number of nitrogens with zero attached hydrogens (tertiary/aromatic N) is 2. The van der Waals surface area contributed by atoms with Crippen LogP contribution in [0.2, 0.25) is 5.02 Å². The molecule has 0 aliphatic carbocycles. The fraction of sp³-hybridized carbons (Fsp3) is 0.562. The highest BCUT2D eigenvalue weighted by Gasteiger charge is 2.21. The average molecular weight is 295 g/mol. The van der Waals surface area contributed by atoms with Crippen molar-refractivity contribution in [2.24, 2.45) is 0 Å². The quantitative estimate of drug-likeness (QED) is 0.780. The Morgan fingerprint density at radius 2 is 2.15 bits per heavy atom. The highest BCUT2D eigenvalue weighted by Crippen LogP contribution is 2.18. The number of benzene rings is 1. The molecule has 4 heteroatoms. The van der Waals surface area contributed by atoms with Gasteiger partial charge in [-0.25, -0.2) is 0 Å². The molecule has 0 N–H and O–H groups in total. The topological polar surface area (TPSA) is 23.6 Å². The second kappa shape index (κ2) is 7.21. The van der Waals surface area contributed by atoms with Crippen molar-refractivity contribution in [3.63, 3.8) is 0 Å². The number of ketones is 1. The maximum absolute atomic E-state index is 12.2. The van der Waals surface area contributed by atoms with E-state index in [4.69, 9.17) is 11.6 Å². The molecule has 20 heavy (non-hydrogen) atoms. The third-order valence-corrected chi connectivity index (χ3v) is 4.37. The van der Waals surface area contributed by atoms with Crippen molar-refractivity contribution in [1.29, 1.82) is 0 Å². The van der Waals surface area contributed by atoms with Crippen LogP contribution in [0.1, 0.15) is 29.6 Å². The van der Waals surface area contributed by atoms with Crippen molar-refractivity contribution in [1.82, 2.24) is 9.80 Å². The van der Waals surface area contributed by atoms with Gasteiger partial charge >= 0.3 is 0 Å². The van der Waals surface area contributed by atoms with Crippen LogP contribution in [0.25, 0.3) is 0 Å². The van der Waals surface area contributed by atoms with Crippen molar-refractivity contribution in [2.75, 3.05) is 33.7 Å². The van der Waals surface area contributed by atoms with Gasteiger partial charge in [0.15, 0.2) is 5.78 Å². The Labute approximate surface area is 126 Å². The number of likely N-dealkylation sites (N-methyl/N-ethyl adjacent to an activating group) is 1. The minimum atomic E-state index is 0.141. The smallest absolute Gasteiger partial charge is 0.165 e. The van der Waals surface area contributed by atoms with Crippen molar-refractivity contribution < 1.29 is 4.79 Å². The molecule has 0 aromatic heterocycles. The summed E-state index contributed by atoms with van der Waals surface area (Å²) in [5.74, 6) is 0.141. The van der Waals surface area contributed by atoms with Crippen LogP contribution in [0.5, 0.6) is 0 Å². The lowest BCUT2D eigenvalue weighted by Gasteiger charge is -2.36. The number of rotatable bonds is 5. The molecule has 1 unspecified atom stereocenters. The predicted molar refractivity (Wildman–Crippen MR) is 83.5 cm³/mol. The number of Topliss-reactive ketones (excluding diaryl/α,β-unsaturated/α-hetero) is 1. The first-order valence-electron chi connectivity index (χ1n) is 7.24. The standard InChI is InChI=1S/C16H23ClN2O/c1-18(2)13-6-5-10-19(12-13)11-9-16(20)14-7-3-4-8-15(14)17/h3-4,7-8,13H,5-6,9-12H2,1-2H3. The summed E-state index contributed by atoms with van der Waals surface area (Å²) in [7, 11) is 4.26. The second-order valence-electron chi connectivity index (χ2n) is 5.71. The summed E-state index contributed by atoms with van der Waals surface area (Å²) in [6.45, 7) is 2.98. The van der Waals surface area contributed by atoms with E-state index >= 15 is 0 Å². The first-order valence-corrected chi connectivity index (χ1v) is 7.62. The summed E-state index contributed by atoms with van der Waals surface area (Å²) >= 11 is 6.06.